The fraction of sp³-hybridized carbons (Fsp3) is 0.400. The van der Waals surface area contributed by atoms with Gasteiger partial charge in [0, 0.05) is 16.8 Å². The van der Waals surface area contributed by atoms with Crippen LogP contribution in [0.3, 0.4) is 0 Å². The Hall–Kier alpha value is -1.39. The zero-order chi connectivity index (χ0) is 13.1. The first-order valence-corrected chi connectivity index (χ1v) is 7.67. The number of carbonyl (C=O) groups is 1. The summed E-state index contributed by atoms with van der Waals surface area (Å²) in [5, 5.41) is 9.61. The van der Waals surface area contributed by atoms with E-state index in [4.69, 9.17) is 0 Å². The van der Waals surface area contributed by atoms with E-state index in [9.17, 15) is 4.79 Å². The monoisotopic (exact) mass is 274 g/mol. The Morgan fingerprint density at radius 1 is 1.32 bits per heavy atom. The van der Waals surface area contributed by atoms with Crippen LogP contribution in [0.2, 0.25) is 0 Å². The number of fused-ring (bicyclic) bond motifs is 1. The standard InChI is InChI=1S/C15H18N2OS/c18-15(9-11-3-6-16-7-4-11)17-13-1-2-14-12(10-13)5-8-19-14/h1-2,5,8,10-11,16H,3-4,6-7,9H2,(H,17,18). The quantitative estimate of drug-likeness (QED) is 0.902. The summed E-state index contributed by atoms with van der Waals surface area (Å²) in [5.74, 6) is 0.674. The molecule has 2 aromatic rings. The van der Waals surface area contributed by atoms with Crippen LogP contribution >= 0.6 is 11.3 Å². The van der Waals surface area contributed by atoms with Gasteiger partial charge in [0.1, 0.15) is 0 Å². The first kappa shape index (κ1) is 12.6. The minimum absolute atomic E-state index is 0.140. The van der Waals surface area contributed by atoms with Crippen molar-refractivity contribution in [2.24, 2.45) is 5.92 Å². The molecule has 0 saturated carbocycles. The predicted molar refractivity (Wildman–Crippen MR) is 80.7 cm³/mol. The van der Waals surface area contributed by atoms with Gasteiger partial charge in [-0.1, -0.05) is 0 Å². The van der Waals surface area contributed by atoms with Crippen molar-refractivity contribution in [3.8, 4) is 0 Å². The second-order valence-corrected chi connectivity index (χ2v) is 6.07. The number of anilines is 1. The molecular formula is C15H18N2OS. The van der Waals surface area contributed by atoms with E-state index in [1.807, 2.05) is 12.1 Å². The molecule has 19 heavy (non-hydrogen) atoms. The normalized spacial score (nSPS) is 16.6. The largest absolute Gasteiger partial charge is 0.326 e. The maximum absolute atomic E-state index is 12.0. The average Bonchev–Trinajstić information content (AvgIpc) is 2.87. The van der Waals surface area contributed by atoms with Crippen LogP contribution in [-0.4, -0.2) is 19.0 Å². The number of piperidine rings is 1. The first-order chi connectivity index (χ1) is 9.31. The molecular weight excluding hydrogens is 256 g/mol. The van der Waals surface area contributed by atoms with Gasteiger partial charge in [-0.25, -0.2) is 0 Å². The Labute approximate surface area is 117 Å². The lowest BCUT2D eigenvalue weighted by atomic mass is 9.94. The minimum atomic E-state index is 0.140. The molecule has 4 heteroatoms. The Balaban J connectivity index is 1.61. The summed E-state index contributed by atoms with van der Waals surface area (Å²) in [4.78, 5) is 12.0. The van der Waals surface area contributed by atoms with Gasteiger partial charge in [0.25, 0.3) is 0 Å². The lowest BCUT2D eigenvalue weighted by Crippen LogP contribution is -2.30. The lowest BCUT2D eigenvalue weighted by molar-refractivity contribution is -0.117. The molecule has 0 bridgehead atoms. The van der Waals surface area contributed by atoms with Crippen molar-refractivity contribution in [3.05, 3.63) is 29.6 Å². The number of benzene rings is 1. The molecule has 1 aromatic heterocycles. The highest BCUT2D eigenvalue weighted by Gasteiger charge is 2.16. The van der Waals surface area contributed by atoms with Crippen molar-refractivity contribution < 1.29 is 4.79 Å². The van der Waals surface area contributed by atoms with Gasteiger partial charge in [-0.15, -0.1) is 11.3 Å². The van der Waals surface area contributed by atoms with Gasteiger partial charge in [0.15, 0.2) is 0 Å². The van der Waals surface area contributed by atoms with Gasteiger partial charge in [-0.3, -0.25) is 4.79 Å². The van der Waals surface area contributed by atoms with Crippen LogP contribution in [-0.2, 0) is 4.79 Å². The fourth-order valence-electron chi connectivity index (χ4n) is 2.60. The number of nitrogens with one attached hydrogen (secondary N) is 2. The maximum Gasteiger partial charge on any atom is 0.224 e. The van der Waals surface area contributed by atoms with Gasteiger partial charge in [0.2, 0.25) is 5.91 Å². The number of thiophene rings is 1. The second kappa shape index (κ2) is 5.72. The highest BCUT2D eigenvalue weighted by atomic mass is 32.1. The second-order valence-electron chi connectivity index (χ2n) is 5.12. The Kier molecular flexibility index (Phi) is 3.80. The van der Waals surface area contributed by atoms with E-state index >= 15 is 0 Å². The summed E-state index contributed by atoms with van der Waals surface area (Å²) < 4.78 is 1.26. The molecule has 2 heterocycles. The van der Waals surface area contributed by atoms with Crippen molar-refractivity contribution in [2.75, 3.05) is 18.4 Å². The van der Waals surface area contributed by atoms with Crippen molar-refractivity contribution in [3.63, 3.8) is 0 Å². The number of carbonyl (C=O) groups excluding carboxylic acids is 1. The van der Waals surface area contributed by atoms with E-state index in [1.54, 1.807) is 11.3 Å². The molecule has 0 radical (unpaired) electrons. The van der Waals surface area contributed by atoms with Gasteiger partial charge in [0.05, 0.1) is 0 Å². The molecule has 0 spiro atoms. The third kappa shape index (κ3) is 3.14. The average molecular weight is 274 g/mol. The van der Waals surface area contributed by atoms with E-state index < -0.39 is 0 Å². The van der Waals surface area contributed by atoms with Crippen LogP contribution < -0.4 is 10.6 Å². The zero-order valence-corrected chi connectivity index (χ0v) is 11.6. The first-order valence-electron chi connectivity index (χ1n) is 6.79. The minimum Gasteiger partial charge on any atom is -0.326 e. The van der Waals surface area contributed by atoms with E-state index in [0.29, 0.717) is 12.3 Å². The number of hydrogen-bond acceptors (Lipinski definition) is 3. The predicted octanol–water partition coefficient (Wildman–Crippen LogP) is 3.23. The van der Waals surface area contributed by atoms with Crippen molar-refractivity contribution in [1.29, 1.82) is 0 Å². The lowest BCUT2D eigenvalue weighted by Gasteiger charge is -2.21. The summed E-state index contributed by atoms with van der Waals surface area (Å²) >= 11 is 1.72. The van der Waals surface area contributed by atoms with Crippen LogP contribution in [0, 0.1) is 5.92 Å². The number of hydrogen-bond donors (Lipinski definition) is 2. The smallest absolute Gasteiger partial charge is 0.224 e. The third-order valence-electron chi connectivity index (χ3n) is 3.67. The topological polar surface area (TPSA) is 41.1 Å². The van der Waals surface area contributed by atoms with E-state index in [2.05, 4.69) is 28.1 Å². The number of rotatable bonds is 3. The molecule has 2 N–H and O–H groups in total. The van der Waals surface area contributed by atoms with Crippen molar-refractivity contribution >= 4 is 33.0 Å². The molecule has 1 fully saturated rings. The molecule has 3 nitrogen and oxygen atoms in total. The van der Waals surface area contributed by atoms with Crippen molar-refractivity contribution in [1.82, 2.24) is 5.32 Å². The van der Waals surface area contributed by atoms with E-state index in [-0.39, 0.29) is 5.91 Å². The van der Waals surface area contributed by atoms with Crippen LogP contribution in [0.1, 0.15) is 19.3 Å². The highest BCUT2D eigenvalue weighted by Crippen LogP contribution is 2.24. The van der Waals surface area contributed by atoms with Gasteiger partial charge in [-0.2, -0.15) is 0 Å². The van der Waals surface area contributed by atoms with Gasteiger partial charge in [-0.05, 0) is 66.9 Å². The molecule has 1 aromatic carbocycles. The fourth-order valence-corrected chi connectivity index (χ4v) is 3.38. The third-order valence-corrected chi connectivity index (χ3v) is 4.57. The van der Waals surface area contributed by atoms with Gasteiger partial charge < -0.3 is 10.6 Å². The Bertz CT molecular complexity index is 572. The van der Waals surface area contributed by atoms with Crippen LogP contribution in [0.15, 0.2) is 29.6 Å². The Morgan fingerprint density at radius 2 is 2.16 bits per heavy atom. The summed E-state index contributed by atoms with van der Waals surface area (Å²) in [6, 6.07) is 8.19. The number of amides is 1. The molecule has 100 valence electrons. The molecule has 3 rings (SSSR count). The highest BCUT2D eigenvalue weighted by molar-refractivity contribution is 7.17. The SMILES string of the molecule is O=C(CC1CCNCC1)Nc1ccc2sccc2c1. The van der Waals surface area contributed by atoms with E-state index in [1.165, 1.54) is 10.1 Å². The summed E-state index contributed by atoms with van der Waals surface area (Å²) in [6.07, 6.45) is 2.86. The molecule has 1 aliphatic heterocycles. The molecule has 0 unspecified atom stereocenters. The van der Waals surface area contributed by atoms with Crippen molar-refractivity contribution in [2.45, 2.75) is 19.3 Å². The molecule has 0 aliphatic carbocycles. The molecule has 1 amide bonds. The maximum atomic E-state index is 12.0. The van der Waals surface area contributed by atoms with Crippen LogP contribution in [0.5, 0.6) is 0 Å². The molecule has 0 atom stereocenters. The molecule has 1 aliphatic rings. The summed E-state index contributed by atoms with van der Waals surface area (Å²) in [7, 11) is 0. The van der Waals surface area contributed by atoms with E-state index in [0.717, 1.165) is 31.6 Å². The van der Waals surface area contributed by atoms with Crippen LogP contribution in [0.4, 0.5) is 5.69 Å². The summed E-state index contributed by atoms with van der Waals surface area (Å²) in [6.45, 7) is 2.08. The van der Waals surface area contributed by atoms with Crippen LogP contribution in [0.25, 0.3) is 10.1 Å². The van der Waals surface area contributed by atoms with Gasteiger partial charge >= 0.3 is 0 Å². The zero-order valence-electron chi connectivity index (χ0n) is 10.8. The molecule has 1 saturated heterocycles. The summed E-state index contributed by atoms with van der Waals surface area (Å²) in [5.41, 5.74) is 0.907. The Morgan fingerprint density at radius 3 is 3.00 bits per heavy atom.